The van der Waals surface area contributed by atoms with Crippen molar-refractivity contribution in [3.05, 3.63) is 124 Å². The van der Waals surface area contributed by atoms with E-state index < -0.39 is 11.3 Å². The van der Waals surface area contributed by atoms with Crippen molar-refractivity contribution in [2.75, 3.05) is 6.54 Å². The Labute approximate surface area is 221 Å². The Morgan fingerprint density at radius 1 is 0.842 bits per heavy atom. The van der Waals surface area contributed by atoms with E-state index in [1.807, 2.05) is 112 Å². The van der Waals surface area contributed by atoms with Crippen molar-refractivity contribution in [1.29, 1.82) is 0 Å². The van der Waals surface area contributed by atoms with Crippen LogP contribution in [0.25, 0.3) is 27.7 Å². The molecule has 5 aromatic rings. The topological polar surface area (TPSA) is 75.2 Å². The van der Waals surface area contributed by atoms with Gasteiger partial charge in [0.15, 0.2) is 5.78 Å². The van der Waals surface area contributed by atoms with Gasteiger partial charge < -0.3 is 4.90 Å². The molecule has 190 valence electrons. The molecule has 6 heteroatoms. The van der Waals surface area contributed by atoms with Crippen LogP contribution in [0.3, 0.4) is 0 Å². The van der Waals surface area contributed by atoms with Gasteiger partial charge in [-0.25, -0.2) is 4.68 Å². The van der Waals surface area contributed by atoms with Crippen molar-refractivity contribution in [1.82, 2.24) is 14.7 Å². The molecule has 0 unspecified atom stereocenters. The Bertz CT molecular complexity index is 1680. The van der Waals surface area contributed by atoms with Crippen LogP contribution in [0.1, 0.15) is 40.1 Å². The minimum atomic E-state index is -0.445. The van der Waals surface area contributed by atoms with Crippen LogP contribution in [0.2, 0.25) is 0 Å². The quantitative estimate of drug-likeness (QED) is 0.276. The maximum absolute atomic E-state index is 13.8. The van der Waals surface area contributed by atoms with Gasteiger partial charge in [-0.15, -0.1) is 0 Å². The largest absolute Gasteiger partial charge is 0.329 e. The molecule has 1 N–H and O–H groups in total. The van der Waals surface area contributed by atoms with Gasteiger partial charge in [-0.1, -0.05) is 78.4 Å². The van der Waals surface area contributed by atoms with Crippen LogP contribution in [-0.2, 0) is 0 Å². The van der Waals surface area contributed by atoms with Gasteiger partial charge in [0, 0.05) is 17.2 Å². The summed E-state index contributed by atoms with van der Waals surface area (Å²) in [7, 11) is 0. The molecule has 0 aliphatic heterocycles. The van der Waals surface area contributed by atoms with Crippen molar-refractivity contribution in [3.8, 4) is 16.9 Å². The molecule has 38 heavy (non-hydrogen) atoms. The van der Waals surface area contributed by atoms with Gasteiger partial charge in [0.1, 0.15) is 5.56 Å². The second-order valence-corrected chi connectivity index (χ2v) is 9.72. The molecule has 0 bridgehead atoms. The maximum atomic E-state index is 13.8. The molecule has 6 nitrogen and oxygen atoms in total. The van der Waals surface area contributed by atoms with E-state index in [0.29, 0.717) is 16.9 Å². The predicted octanol–water partition coefficient (Wildman–Crippen LogP) is 6.03. The number of fused-ring (bicyclic) bond motifs is 1. The van der Waals surface area contributed by atoms with Crippen LogP contribution in [0.15, 0.2) is 102 Å². The SMILES string of the molecule is Cc1ccc(-n2[nH]c(-c3ccccc3)c(C(=O)CN(C(=O)c3ccc4ccccc4c3)C(C)C)c2=O)cc1. The highest BCUT2D eigenvalue weighted by molar-refractivity contribution is 6.06. The van der Waals surface area contributed by atoms with E-state index in [2.05, 4.69) is 5.10 Å². The molecular formula is C32H29N3O3. The average Bonchev–Trinajstić information content (AvgIpc) is 3.28. The minimum Gasteiger partial charge on any atom is -0.329 e. The lowest BCUT2D eigenvalue weighted by Crippen LogP contribution is -2.41. The summed E-state index contributed by atoms with van der Waals surface area (Å²) in [5.74, 6) is -0.673. The second kappa shape index (κ2) is 10.3. The smallest absolute Gasteiger partial charge is 0.282 e. The summed E-state index contributed by atoms with van der Waals surface area (Å²) in [4.78, 5) is 42.5. The molecule has 1 amide bonds. The van der Waals surface area contributed by atoms with Crippen molar-refractivity contribution < 1.29 is 9.59 Å². The Kier molecular flexibility index (Phi) is 6.79. The van der Waals surface area contributed by atoms with Crippen LogP contribution in [0, 0.1) is 6.92 Å². The van der Waals surface area contributed by atoms with Crippen molar-refractivity contribution >= 4 is 22.5 Å². The Morgan fingerprint density at radius 3 is 2.18 bits per heavy atom. The third kappa shape index (κ3) is 4.81. The summed E-state index contributed by atoms with van der Waals surface area (Å²) in [6, 6.07) is 29.9. The van der Waals surface area contributed by atoms with E-state index in [1.165, 1.54) is 9.58 Å². The van der Waals surface area contributed by atoms with Crippen LogP contribution in [-0.4, -0.2) is 39.0 Å². The third-order valence-corrected chi connectivity index (χ3v) is 6.72. The zero-order valence-corrected chi connectivity index (χ0v) is 21.6. The molecule has 0 saturated heterocycles. The number of benzene rings is 4. The van der Waals surface area contributed by atoms with Crippen molar-refractivity contribution in [2.45, 2.75) is 26.8 Å². The number of aryl methyl sites for hydroxylation is 1. The molecule has 0 radical (unpaired) electrons. The molecule has 0 atom stereocenters. The summed E-state index contributed by atoms with van der Waals surface area (Å²) in [6.45, 7) is 5.49. The van der Waals surface area contributed by atoms with Gasteiger partial charge in [-0.05, 0) is 55.8 Å². The normalized spacial score (nSPS) is 11.2. The first-order valence-electron chi connectivity index (χ1n) is 12.6. The first kappa shape index (κ1) is 25.0. The van der Waals surface area contributed by atoms with Crippen LogP contribution >= 0.6 is 0 Å². The molecule has 0 spiro atoms. The van der Waals surface area contributed by atoms with E-state index in [9.17, 15) is 14.4 Å². The molecular weight excluding hydrogens is 474 g/mol. The molecule has 0 saturated carbocycles. The fourth-order valence-corrected chi connectivity index (χ4v) is 4.60. The van der Waals surface area contributed by atoms with Crippen molar-refractivity contribution in [3.63, 3.8) is 0 Å². The van der Waals surface area contributed by atoms with E-state index in [1.54, 1.807) is 6.07 Å². The van der Waals surface area contributed by atoms with Gasteiger partial charge in [0.05, 0.1) is 17.9 Å². The Morgan fingerprint density at radius 2 is 1.50 bits per heavy atom. The fraction of sp³-hybridized carbons (Fsp3) is 0.156. The minimum absolute atomic E-state index is 0.0359. The van der Waals surface area contributed by atoms with Gasteiger partial charge in [-0.2, -0.15) is 0 Å². The van der Waals surface area contributed by atoms with E-state index in [0.717, 1.165) is 21.9 Å². The summed E-state index contributed by atoms with van der Waals surface area (Å²) >= 11 is 0. The van der Waals surface area contributed by atoms with E-state index >= 15 is 0 Å². The number of nitrogens with one attached hydrogen (secondary N) is 1. The Hall–Kier alpha value is -4.71. The summed E-state index contributed by atoms with van der Waals surface area (Å²) < 4.78 is 1.39. The number of carbonyl (C=O) groups excluding carboxylic acids is 2. The number of hydrogen-bond acceptors (Lipinski definition) is 3. The molecule has 0 fully saturated rings. The van der Waals surface area contributed by atoms with E-state index in [4.69, 9.17) is 0 Å². The van der Waals surface area contributed by atoms with Gasteiger partial charge in [-0.3, -0.25) is 19.5 Å². The van der Waals surface area contributed by atoms with E-state index in [-0.39, 0.29) is 24.1 Å². The number of aromatic amines is 1. The van der Waals surface area contributed by atoms with Crippen LogP contribution in [0.5, 0.6) is 0 Å². The summed E-state index contributed by atoms with van der Waals surface area (Å²) in [5.41, 5.74) is 2.93. The molecule has 1 aromatic heterocycles. The number of ketones is 1. The standard InChI is InChI=1S/C32H29N3O3/c1-21(2)34(31(37)26-16-15-23-9-7-8-12-25(23)19-26)20-28(36)29-30(24-10-5-4-6-11-24)33-35(32(29)38)27-17-13-22(3)14-18-27/h4-19,21,33H,20H2,1-3H3. The number of amides is 1. The molecule has 5 rings (SSSR count). The maximum Gasteiger partial charge on any atom is 0.282 e. The van der Waals surface area contributed by atoms with Crippen molar-refractivity contribution in [2.24, 2.45) is 0 Å². The lowest BCUT2D eigenvalue weighted by Gasteiger charge is -2.26. The first-order chi connectivity index (χ1) is 18.3. The lowest BCUT2D eigenvalue weighted by molar-refractivity contribution is 0.0662. The number of rotatable bonds is 7. The number of hydrogen-bond donors (Lipinski definition) is 1. The Balaban J connectivity index is 1.54. The molecule has 4 aromatic carbocycles. The number of nitrogens with zero attached hydrogens (tertiary/aromatic N) is 2. The number of carbonyl (C=O) groups is 2. The highest BCUT2D eigenvalue weighted by Gasteiger charge is 2.28. The first-order valence-corrected chi connectivity index (χ1v) is 12.6. The predicted molar refractivity (Wildman–Crippen MR) is 151 cm³/mol. The second-order valence-electron chi connectivity index (χ2n) is 9.72. The monoisotopic (exact) mass is 503 g/mol. The zero-order valence-electron chi connectivity index (χ0n) is 21.6. The lowest BCUT2D eigenvalue weighted by atomic mass is 10.0. The molecule has 0 aliphatic rings. The zero-order chi connectivity index (χ0) is 26.8. The average molecular weight is 504 g/mol. The van der Waals surface area contributed by atoms with Gasteiger partial charge >= 0.3 is 0 Å². The highest BCUT2D eigenvalue weighted by Crippen LogP contribution is 2.23. The van der Waals surface area contributed by atoms with Crippen LogP contribution < -0.4 is 5.56 Å². The summed E-state index contributed by atoms with van der Waals surface area (Å²) in [6.07, 6.45) is 0. The third-order valence-electron chi connectivity index (χ3n) is 6.72. The van der Waals surface area contributed by atoms with Gasteiger partial charge in [0.2, 0.25) is 0 Å². The highest BCUT2D eigenvalue weighted by atomic mass is 16.2. The summed E-state index contributed by atoms with van der Waals surface area (Å²) in [5, 5.41) is 5.13. The number of aromatic nitrogens is 2. The fourth-order valence-electron chi connectivity index (χ4n) is 4.60. The van der Waals surface area contributed by atoms with Gasteiger partial charge in [0.25, 0.3) is 11.5 Å². The van der Waals surface area contributed by atoms with Crippen LogP contribution in [0.4, 0.5) is 0 Å². The molecule has 0 aliphatic carbocycles. The number of Topliss-reactive ketones (excluding diaryl/α,β-unsaturated/α-hetero) is 1. The number of H-pyrrole nitrogens is 1. The molecule has 1 heterocycles.